The van der Waals surface area contributed by atoms with Crippen molar-refractivity contribution >= 4 is 43.8 Å². The van der Waals surface area contributed by atoms with E-state index in [0.29, 0.717) is 16.3 Å². The van der Waals surface area contributed by atoms with Crippen LogP contribution in [0.4, 0.5) is 5.82 Å². The Morgan fingerprint density at radius 2 is 2.24 bits per heavy atom. The van der Waals surface area contributed by atoms with E-state index in [0.717, 1.165) is 9.40 Å². The highest BCUT2D eigenvalue weighted by molar-refractivity contribution is 7.27. The first-order chi connectivity index (χ1) is 10.3. The van der Waals surface area contributed by atoms with Crippen LogP contribution in [0.1, 0.15) is 15.2 Å². The minimum absolute atomic E-state index is 0.178. The Labute approximate surface area is 129 Å². The van der Waals surface area contributed by atoms with E-state index >= 15 is 0 Å². The second-order valence-corrected chi connectivity index (χ2v) is 6.13. The number of aliphatic hydroxyl groups excluding tert-OH is 1. The van der Waals surface area contributed by atoms with E-state index < -0.39 is 0 Å². The maximum atomic E-state index is 12.2. The molecule has 0 saturated heterocycles. The lowest BCUT2D eigenvalue weighted by Crippen LogP contribution is -2.11. The zero-order chi connectivity index (χ0) is 14.7. The molecule has 21 heavy (non-hydrogen) atoms. The van der Waals surface area contributed by atoms with Crippen LogP contribution < -0.4 is 5.32 Å². The maximum absolute atomic E-state index is 12.2. The van der Waals surface area contributed by atoms with Gasteiger partial charge in [-0.3, -0.25) is 4.79 Å². The number of anilines is 1. The minimum atomic E-state index is -0.198. The van der Waals surface area contributed by atoms with Crippen LogP contribution in [-0.4, -0.2) is 22.6 Å². The number of nitrogens with one attached hydrogen (secondary N) is 1. The van der Waals surface area contributed by atoms with Crippen molar-refractivity contribution in [3.05, 3.63) is 46.3 Å². The molecule has 0 aliphatic carbocycles. The number of hydrogen-bond donors (Lipinski definition) is 2. The van der Waals surface area contributed by atoms with E-state index in [1.165, 1.54) is 11.3 Å². The molecule has 0 spiro atoms. The van der Waals surface area contributed by atoms with Gasteiger partial charge in [-0.25, -0.2) is 4.98 Å². The zero-order valence-electron chi connectivity index (χ0n) is 10.8. The van der Waals surface area contributed by atoms with Crippen molar-refractivity contribution in [3.63, 3.8) is 0 Å². The topological polar surface area (TPSA) is 62.2 Å². The SMILES string of the molecule is O=C(Nc1cc(C#CCO)ccn1)c1cc2sccc2s1. The third-order valence-corrected chi connectivity index (χ3v) is 4.77. The molecule has 3 rings (SSSR count). The summed E-state index contributed by atoms with van der Waals surface area (Å²) in [7, 11) is 0. The van der Waals surface area contributed by atoms with Gasteiger partial charge in [0.2, 0.25) is 0 Å². The molecule has 0 atom stereocenters. The van der Waals surface area contributed by atoms with Crippen molar-refractivity contribution in [3.8, 4) is 11.8 Å². The Balaban J connectivity index is 1.79. The molecular formula is C15H10N2O2S2. The Morgan fingerprint density at radius 1 is 1.33 bits per heavy atom. The first-order valence-corrected chi connectivity index (χ1v) is 7.80. The van der Waals surface area contributed by atoms with Crippen molar-refractivity contribution in [1.29, 1.82) is 0 Å². The van der Waals surface area contributed by atoms with Gasteiger partial charge in [0.15, 0.2) is 0 Å². The Morgan fingerprint density at radius 3 is 3.05 bits per heavy atom. The number of hydrogen-bond acceptors (Lipinski definition) is 5. The van der Waals surface area contributed by atoms with Gasteiger partial charge in [-0.05, 0) is 29.6 Å². The van der Waals surface area contributed by atoms with Crippen LogP contribution >= 0.6 is 22.7 Å². The van der Waals surface area contributed by atoms with Crippen LogP contribution in [0.25, 0.3) is 9.40 Å². The van der Waals surface area contributed by atoms with Gasteiger partial charge in [0.05, 0.1) is 4.88 Å². The van der Waals surface area contributed by atoms with Gasteiger partial charge in [-0.15, -0.1) is 22.7 Å². The summed E-state index contributed by atoms with van der Waals surface area (Å²) in [5.41, 5.74) is 0.696. The summed E-state index contributed by atoms with van der Waals surface area (Å²) in [5.74, 6) is 5.61. The average molecular weight is 314 g/mol. The first-order valence-electron chi connectivity index (χ1n) is 6.10. The third-order valence-electron chi connectivity index (χ3n) is 2.68. The molecule has 104 valence electrons. The molecule has 0 fully saturated rings. The van der Waals surface area contributed by atoms with E-state index in [2.05, 4.69) is 22.1 Å². The highest BCUT2D eigenvalue weighted by Crippen LogP contribution is 2.30. The monoisotopic (exact) mass is 314 g/mol. The first kappa shape index (κ1) is 13.8. The molecular weight excluding hydrogens is 304 g/mol. The van der Waals surface area contributed by atoms with E-state index in [-0.39, 0.29) is 12.5 Å². The molecule has 2 N–H and O–H groups in total. The minimum Gasteiger partial charge on any atom is -0.384 e. The number of aliphatic hydroxyl groups is 1. The fourth-order valence-electron chi connectivity index (χ4n) is 1.77. The summed E-state index contributed by atoms with van der Waals surface area (Å²) in [6, 6.07) is 7.29. The van der Waals surface area contributed by atoms with E-state index in [4.69, 9.17) is 5.11 Å². The predicted octanol–water partition coefficient (Wildman–Crippen LogP) is 2.95. The number of rotatable bonds is 2. The second-order valence-electron chi connectivity index (χ2n) is 4.10. The highest BCUT2D eigenvalue weighted by atomic mass is 32.1. The second kappa shape index (κ2) is 6.06. The molecule has 0 saturated carbocycles. The van der Waals surface area contributed by atoms with Gasteiger partial charge in [-0.2, -0.15) is 0 Å². The summed E-state index contributed by atoms with van der Waals surface area (Å²) in [6.07, 6.45) is 1.57. The number of pyridine rings is 1. The van der Waals surface area contributed by atoms with Gasteiger partial charge in [-0.1, -0.05) is 11.8 Å². The number of aromatic nitrogens is 1. The van der Waals surface area contributed by atoms with Crippen LogP contribution in [0.5, 0.6) is 0 Å². The fourth-order valence-corrected chi connectivity index (χ4v) is 3.78. The maximum Gasteiger partial charge on any atom is 0.266 e. The molecule has 0 aliphatic heterocycles. The molecule has 0 aliphatic rings. The number of nitrogens with zero attached hydrogens (tertiary/aromatic N) is 1. The summed E-state index contributed by atoms with van der Waals surface area (Å²) in [6.45, 7) is -0.198. The standard InChI is InChI=1S/C15H10N2O2S2/c18-6-1-2-10-3-5-16-14(8-10)17-15(19)13-9-12-11(21-13)4-7-20-12/h3-5,7-9,18H,6H2,(H,16,17,19). The zero-order valence-corrected chi connectivity index (χ0v) is 12.4. The number of carbonyl (C=O) groups excluding carboxylic acids is 1. The Bertz CT molecular complexity index is 827. The van der Waals surface area contributed by atoms with Crippen molar-refractivity contribution in [1.82, 2.24) is 4.98 Å². The normalized spacial score (nSPS) is 10.1. The quantitative estimate of drug-likeness (QED) is 0.715. The largest absolute Gasteiger partial charge is 0.384 e. The van der Waals surface area contributed by atoms with Gasteiger partial charge < -0.3 is 10.4 Å². The molecule has 0 aromatic carbocycles. The fraction of sp³-hybridized carbons (Fsp3) is 0.0667. The molecule has 3 aromatic heterocycles. The van der Waals surface area contributed by atoms with Gasteiger partial charge in [0, 0.05) is 21.2 Å². The molecule has 4 nitrogen and oxygen atoms in total. The van der Waals surface area contributed by atoms with Crippen molar-refractivity contribution in [2.24, 2.45) is 0 Å². The van der Waals surface area contributed by atoms with E-state index in [9.17, 15) is 4.79 Å². The third kappa shape index (κ3) is 3.11. The lowest BCUT2D eigenvalue weighted by atomic mass is 10.2. The summed E-state index contributed by atoms with van der Waals surface area (Å²) < 4.78 is 2.22. The molecule has 0 radical (unpaired) electrons. The van der Waals surface area contributed by atoms with Crippen molar-refractivity contribution in [2.75, 3.05) is 11.9 Å². The molecule has 0 bridgehead atoms. The number of carbonyl (C=O) groups is 1. The van der Waals surface area contributed by atoms with Gasteiger partial charge in [0.25, 0.3) is 5.91 Å². The van der Waals surface area contributed by atoms with Crippen molar-refractivity contribution < 1.29 is 9.90 Å². The summed E-state index contributed by atoms with van der Waals surface area (Å²) in [5, 5.41) is 13.5. The van der Waals surface area contributed by atoms with E-state index in [1.807, 2.05) is 17.5 Å². The van der Waals surface area contributed by atoms with Crippen LogP contribution in [-0.2, 0) is 0 Å². The Kier molecular flexibility index (Phi) is 3.97. The molecule has 0 unspecified atom stereocenters. The van der Waals surface area contributed by atoms with Gasteiger partial charge >= 0.3 is 0 Å². The highest BCUT2D eigenvalue weighted by Gasteiger charge is 2.11. The van der Waals surface area contributed by atoms with Crippen LogP contribution in [0, 0.1) is 11.8 Å². The summed E-state index contributed by atoms with van der Waals surface area (Å²) in [4.78, 5) is 17.0. The molecule has 6 heteroatoms. The lowest BCUT2D eigenvalue weighted by molar-refractivity contribution is 0.103. The number of amides is 1. The average Bonchev–Trinajstić information content (AvgIpc) is 3.06. The predicted molar refractivity (Wildman–Crippen MR) is 85.9 cm³/mol. The molecule has 3 heterocycles. The van der Waals surface area contributed by atoms with Crippen molar-refractivity contribution in [2.45, 2.75) is 0 Å². The summed E-state index contributed by atoms with van der Waals surface area (Å²) >= 11 is 3.08. The van der Waals surface area contributed by atoms with Gasteiger partial charge in [0.1, 0.15) is 12.4 Å². The lowest BCUT2D eigenvalue weighted by Gasteiger charge is -2.02. The van der Waals surface area contributed by atoms with Crippen LogP contribution in [0.3, 0.4) is 0 Å². The number of thiophene rings is 2. The number of fused-ring (bicyclic) bond motifs is 1. The molecule has 3 aromatic rings. The van der Waals surface area contributed by atoms with Crippen LogP contribution in [0.15, 0.2) is 35.8 Å². The Hall–Kier alpha value is -2.20. The smallest absolute Gasteiger partial charge is 0.266 e. The van der Waals surface area contributed by atoms with E-state index in [1.54, 1.807) is 29.7 Å². The molecule has 1 amide bonds. The van der Waals surface area contributed by atoms with Crippen LogP contribution in [0.2, 0.25) is 0 Å².